The number of rotatable bonds is 8. The molecule has 0 fully saturated rings. The minimum absolute atomic E-state index is 0.290. The SMILES string of the molecule is C=CCn1c(SCc2ccc(Cl)c(Cl)c2)nnc1C(C)Oc1ccc(Cl)cc1C. The number of hydrogen-bond donors (Lipinski definition) is 0. The standard InChI is InChI=1S/C21H20Cl3N3OS/c1-4-9-27-20(14(3)28-19-8-6-16(22)10-13(19)2)25-26-21(27)29-12-15-5-7-17(23)18(24)11-15/h4-8,10-11,14H,1,9,12H2,2-3H3. The maximum atomic E-state index is 6.12. The lowest BCUT2D eigenvalue weighted by molar-refractivity contribution is 0.209. The summed E-state index contributed by atoms with van der Waals surface area (Å²) < 4.78 is 8.13. The molecule has 0 aliphatic carbocycles. The molecule has 0 saturated carbocycles. The molecule has 1 heterocycles. The molecule has 0 aliphatic heterocycles. The number of nitrogens with zero attached hydrogens (tertiary/aromatic N) is 3. The Balaban J connectivity index is 1.78. The molecule has 0 amide bonds. The number of allylic oxidation sites excluding steroid dienone is 1. The third-order valence-corrected chi connectivity index (χ3v) is 6.23. The Hall–Kier alpha value is -1.66. The maximum Gasteiger partial charge on any atom is 0.191 e. The molecule has 1 atom stereocenters. The molecule has 0 N–H and O–H groups in total. The fraction of sp³-hybridized carbons (Fsp3) is 0.238. The van der Waals surface area contributed by atoms with Crippen LogP contribution in [0, 0.1) is 6.92 Å². The molecular weight excluding hydrogens is 449 g/mol. The van der Waals surface area contributed by atoms with Gasteiger partial charge in [-0.2, -0.15) is 0 Å². The van der Waals surface area contributed by atoms with Crippen molar-refractivity contribution in [3.05, 3.63) is 81.1 Å². The number of thioether (sulfide) groups is 1. The molecule has 152 valence electrons. The zero-order chi connectivity index (χ0) is 21.0. The first kappa shape index (κ1) is 22.0. The van der Waals surface area contributed by atoms with Crippen LogP contribution < -0.4 is 4.74 Å². The number of benzene rings is 2. The van der Waals surface area contributed by atoms with Crippen LogP contribution >= 0.6 is 46.6 Å². The Morgan fingerprint density at radius 3 is 2.62 bits per heavy atom. The first-order valence-corrected chi connectivity index (χ1v) is 11.0. The second-order valence-corrected chi connectivity index (χ2v) is 8.64. The average molecular weight is 469 g/mol. The van der Waals surface area contributed by atoms with Crippen molar-refractivity contribution in [2.75, 3.05) is 0 Å². The van der Waals surface area contributed by atoms with Crippen molar-refractivity contribution in [1.29, 1.82) is 0 Å². The van der Waals surface area contributed by atoms with Crippen LogP contribution in [0.3, 0.4) is 0 Å². The van der Waals surface area contributed by atoms with Crippen LogP contribution in [0.1, 0.15) is 30.0 Å². The van der Waals surface area contributed by atoms with E-state index in [4.69, 9.17) is 39.5 Å². The van der Waals surface area contributed by atoms with Gasteiger partial charge >= 0.3 is 0 Å². The summed E-state index contributed by atoms with van der Waals surface area (Å²) in [5, 5.41) is 11.3. The van der Waals surface area contributed by atoms with Gasteiger partial charge < -0.3 is 4.74 Å². The van der Waals surface area contributed by atoms with Crippen LogP contribution in [0.25, 0.3) is 0 Å². The predicted molar refractivity (Wildman–Crippen MR) is 121 cm³/mol. The highest BCUT2D eigenvalue weighted by atomic mass is 35.5. The van der Waals surface area contributed by atoms with E-state index in [1.165, 1.54) is 0 Å². The van der Waals surface area contributed by atoms with E-state index in [2.05, 4.69) is 16.8 Å². The number of halogens is 3. The molecule has 0 radical (unpaired) electrons. The third kappa shape index (κ3) is 5.48. The number of hydrogen-bond acceptors (Lipinski definition) is 4. The second-order valence-electron chi connectivity index (χ2n) is 6.45. The summed E-state index contributed by atoms with van der Waals surface area (Å²) in [5.74, 6) is 2.19. The molecule has 2 aromatic carbocycles. The molecular formula is C21H20Cl3N3OS. The first-order valence-electron chi connectivity index (χ1n) is 8.92. The van der Waals surface area contributed by atoms with Gasteiger partial charge in [-0.05, 0) is 55.3 Å². The maximum absolute atomic E-state index is 6.12. The van der Waals surface area contributed by atoms with Crippen molar-refractivity contribution in [2.45, 2.75) is 37.4 Å². The molecule has 1 aromatic heterocycles. The van der Waals surface area contributed by atoms with Crippen LogP contribution in [-0.2, 0) is 12.3 Å². The zero-order valence-corrected chi connectivity index (χ0v) is 19.1. The molecule has 0 spiro atoms. The summed E-state index contributed by atoms with van der Waals surface area (Å²) >= 11 is 19.7. The smallest absolute Gasteiger partial charge is 0.191 e. The lowest BCUT2D eigenvalue weighted by atomic mass is 10.2. The van der Waals surface area contributed by atoms with E-state index < -0.39 is 0 Å². The average Bonchev–Trinajstić information content (AvgIpc) is 3.08. The summed E-state index contributed by atoms with van der Waals surface area (Å²) in [7, 11) is 0. The summed E-state index contributed by atoms with van der Waals surface area (Å²) in [4.78, 5) is 0. The normalized spacial score (nSPS) is 12.0. The molecule has 0 saturated heterocycles. The quantitative estimate of drug-likeness (QED) is 0.259. The van der Waals surface area contributed by atoms with Crippen LogP contribution in [0.4, 0.5) is 0 Å². The summed E-state index contributed by atoms with van der Waals surface area (Å²) in [6.07, 6.45) is 1.53. The minimum atomic E-state index is -0.290. The van der Waals surface area contributed by atoms with E-state index in [1.807, 2.05) is 54.8 Å². The van der Waals surface area contributed by atoms with E-state index >= 15 is 0 Å². The van der Waals surface area contributed by atoms with E-state index in [9.17, 15) is 0 Å². The van der Waals surface area contributed by atoms with Crippen molar-refractivity contribution in [3.63, 3.8) is 0 Å². The highest BCUT2D eigenvalue weighted by Gasteiger charge is 2.20. The lowest BCUT2D eigenvalue weighted by Crippen LogP contribution is -2.12. The van der Waals surface area contributed by atoms with Gasteiger partial charge in [-0.25, -0.2) is 0 Å². The highest BCUT2D eigenvalue weighted by Crippen LogP contribution is 2.30. The molecule has 29 heavy (non-hydrogen) atoms. The predicted octanol–water partition coefficient (Wildman–Crippen LogP) is 7.17. The van der Waals surface area contributed by atoms with Gasteiger partial charge in [0.1, 0.15) is 5.75 Å². The van der Waals surface area contributed by atoms with Crippen LogP contribution in [0.5, 0.6) is 5.75 Å². The van der Waals surface area contributed by atoms with Crippen molar-refractivity contribution in [3.8, 4) is 5.75 Å². The van der Waals surface area contributed by atoms with Crippen molar-refractivity contribution >= 4 is 46.6 Å². The second kappa shape index (κ2) is 9.90. The molecule has 4 nitrogen and oxygen atoms in total. The number of aryl methyl sites for hydroxylation is 1. The monoisotopic (exact) mass is 467 g/mol. The largest absolute Gasteiger partial charge is 0.482 e. The van der Waals surface area contributed by atoms with Crippen LogP contribution in [-0.4, -0.2) is 14.8 Å². The topological polar surface area (TPSA) is 39.9 Å². The Labute approximate surface area is 189 Å². The van der Waals surface area contributed by atoms with Gasteiger partial charge in [0.15, 0.2) is 17.1 Å². The van der Waals surface area contributed by atoms with Crippen LogP contribution in [0.15, 0.2) is 54.2 Å². The fourth-order valence-electron chi connectivity index (χ4n) is 2.77. The molecule has 3 aromatic rings. The number of ether oxygens (including phenoxy) is 1. The molecule has 0 bridgehead atoms. The van der Waals surface area contributed by atoms with E-state index in [-0.39, 0.29) is 6.10 Å². The Kier molecular flexibility index (Phi) is 7.52. The zero-order valence-electron chi connectivity index (χ0n) is 16.0. The van der Waals surface area contributed by atoms with Gasteiger partial charge in [0, 0.05) is 17.3 Å². The summed E-state index contributed by atoms with van der Waals surface area (Å²) in [6.45, 7) is 8.34. The molecule has 3 rings (SSSR count). The van der Waals surface area contributed by atoms with Gasteiger partial charge in [0.05, 0.1) is 10.0 Å². The summed E-state index contributed by atoms with van der Waals surface area (Å²) in [6, 6.07) is 11.2. The van der Waals surface area contributed by atoms with E-state index in [0.717, 1.165) is 27.9 Å². The molecule has 1 unspecified atom stereocenters. The Morgan fingerprint density at radius 1 is 1.14 bits per heavy atom. The fourth-order valence-corrected chi connectivity index (χ4v) is 4.22. The Bertz CT molecular complexity index is 1020. The van der Waals surface area contributed by atoms with Gasteiger partial charge in [-0.15, -0.1) is 16.8 Å². The van der Waals surface area contributed by atoms with E-state index in [1.54, 1.807) is 17.8 Å². The van der Waals surface area contributed by atoms with Gasteiger partial charge in [0.25, 0.3) is 0 Å². The highest BCUT2D eigenvalue weighted by molar-refractivity contribution is 7.98. The van der Waals surface area contributed by atoms with Crippen molar-refractivity contribution < 1.29 is 4.74 Å². The summed E-state index contributed by atoms with van der Waals surface area (Å²) in [5.41, 5.74) is 2.02. The molecule has 8 heteroatoms. The van der Waals surface area contributed by atoms with Gasteiger partial charge in [0.2, 0.25) is 0 Å². The molecule has 0 aliphatic rings. The minimum Gasteiger partial charge on any atom is -0.482 e. The first-order chi connectivity index (χ1) is 13.9. The van der Waals surface area contributed by atoms with Crippen molar-refractivity contribution in [1.82, 2.24) is 14.8 Å². The third-order valence-electron chi connectivity index (χ3n) is 4.21. The lowest BCUT2D eigenvalue weighted by Gasteiger charge is -2.17. The van der Waals surface area contributed by atoms with Gasteiger partial charge in [-0.1, -0.05) is 58.7 Å². The van der Waals surface area contributed by atoms with Gasteiger partial charge in [-0.3, -0.25) is 4.57 Å². The van der Waals surface area contributed by atoms with E-state index in [0.29, 0.717) is 27.4 Å². The van der Waals surface area contributed by atoms with Crippen LogP contribution in [0.2, 0.25) is 15.1 Å². The van der Waals surface area contributed by atoms with Crippen molar-refractivity contribution in [2.24, 2.45) is 0 Å². The number of aromatic nitrogens is 3. The Morgan fingerprint density at radius 2 is 1.93 bits per heavy atom.